The number of hydrogen-bond acceptors (Lipinski definition) is 7. The third-order valence-electron chi connectivity index (χ3n) is 5.87. The highest BCUT2D eigenvalue weighted by Gasteiger charge is 2.26. The molecule has 1 aliphatic carbocycles. The Morgan fingerprint density at radius 2 is 2.09 bits per heavy atom. The number of nitrogens with zero attached hydrogens (tertiary/aromatic N) is 5. The summed E-state index contributed by atoms with van der Waals surface area (Å²) in [6, 6.07) is 0. The van der Waals surface area contributed by atoms with Crippen LogP contribution in [0.1, 0.15) is 62.4 Å². The van der Waals surface area contributed by atoms with E-state index in [1.807, 2.05) is 0 Å². The van der Waals surface area contributed by atoms with E-state index in [9.17, 15) is 13.6 Å². The fourth-order valence-electron chi connectivity index (χ4n) is 4.08. The maximum absolute atomic E-state index is 12.9. The Kier molecular flexibility index (Phi) is 9.54. The normalized spacial score (nSPS) is 17.2. The first-order valence-electron chi connectivity index (χ1n) is 11.6. The van der Waals surface area contributed by atoms with E-state index < -0.39 is 12.5 Å². The lowest BCUT2D eigenvalue weighted by Crippen LogP contribution is -2.32. The zero-order chi connectivity index (χ0) is 23.7. The lowest BCUT2D eigenvalue weighted by Gasteiger charge is -2.29. The van der Waals surface area contributed by atoms with Gasteiger partial charge in [-0.3, -0.25) is 14.4 Å². The molecule has 0 saturated heterocycles. The summed E-state index contributed by atoms with van der Waals surface area (Å²) in [6.45, 7) is 3.80. The van der Waals surface area contributed by atoms with E-state index in [1.54, 1.807) is 11.0 Å². The molecule has 184 valence electrons. The third-order valence-corrected chi connectivity index (χ3v) is 6.94. The first-order chi connectivity index (χ1) is 15.8. The van der Waals surface area contributed by atoms with Crippen molar-refractivity contribution in [2.75, 3.05) is 19.7 Å². The third kappa shape index (κ3) is 9.32. The van der Waals surface area contributed by atoms with Gasteiger partial charge in [-0.25, -0.2) is 18.7 Å². The standard InChI is InChI=1S/C17H26F2N2OS.C5H8N4O/c1-17(18,19)12-22-16-20-14-11-21(10-8-15(14)23-16)9-7-13-5-3-2-4-6-13;6-5(10)1-2-9-4-7-3-8-9/h13H,2-12H2,1H3;3-4H,1-2H2,(H2,6,10). The molecule has 1 saturated carbocycles. The summed E-state index contributed by atoms with van der Waals surface area (Å²) >= 11 is 1.43. The summed E-state index contributed by atoms with van der Waals surface area (Å²) in [5.41, 5.74) is 5.94. The molecule has 3 heterocycles. The number of alkyl halides is 2. The molecular formula is C22H34F2N6O2S. The van der Waals surface area contributed by atoms with Crippen LogP contribution in [0.2, 0.25) is 0 Å². The molecule has 4 rings (SSSR count). The van der Waals surface area contributed by atoms with Crippen molar-refractivity contribution in [1.29, 1.82) is 0 Å². The van der Waals surface area contributed by atoms with Crippen LogP contribution in [-0.4, -0.2) is 56.2 Å². The van der Waals surface area contributed by atoms with Gasteiger partial charge >= 0.3 is 0 Å². The number of hydrogen-bond donors (Lipinski definition) is 1. The number of aromatic nitrogens is 4. The number of amides is 1. The number of carbonyl (C=O) groups is 1. The van der Waals surface area contributed by atoms with Gasteiger partial charge in [0.15, 0.2) is 6.61 Å². The summed E-state index contributed by atoms with van der Waals surface area (Å²) in [5, 5.41) is 4.18. The molecule has 1 amide bonds. The van der Waals surface area contributed by atoms with Crippen LogP contribution in [0.25, 0.3) is 0 Å². The Hall–Kier alpha value is -2.14. The number of nitrogens with two attached hydrogens (primary N) is 1. The molecule has 11 heteroatoms. The van der Waals surface area contributed by atoms with Crippen LogP contribution in [0, 0.1) is 5.92 Å². The molecule has 0 radical (unpaired) electrons. The molecule has 2 aromatic rings. The largest absolute Gasteiger partial charge is 0.464 e. The van der Waals surface area contributed by atoms with Crippen molar-refractivity contribution in [3.63, 3.8) is 0 Å². The molecule has 1 aliphatic heterocycles. The maximum atomic E-state index is 12.9. The van der Waals surface area contributed by atoms with Gasteiger partial charge in [0.05, 0.1) is 12.2 Å². The Bertz CT molecular complexity index is 850. The molecule has 2 aromatic heterocycles. The summed E-state index contributed by atoms with van der Waals surface area (Å²) in [7, 11) is 0. The minimum atomic E-state index is -2.81. The number of thiazole rings is 1. The average Bonchev–Trinajstić information content (AvgIpc) is 3.45. The lowest BCUT2D eigenvalue weighted by atomic mass is 9.87. The second-order valence-electron chi connectivity index (χ2n) is 8.90. The van der Waals surface area contributed by atoms with Crippen LogP contribution in [0.15, 0.2) is 12.7 Å². The van der Waals surface area contributed by atoms with E-state index in [-0.39, 0.29) is 5.91 Å². The number of halogens is 2. The van der Waals surface area contributed by atoms with Gasteiger partial charge in [-0.1, -0.05) is 43.4 Å². The fourth-order valence-corrected chi connectivity index (χ4v) is 4.99. The van der Waals surface area contributed by atoms with E-state index in [0.29, 0.717) is 18.2 Å². The van der Waals surface area contributed by atoms with Gasteiger partial charge in [-0.15, -0.1) is 0 Å². The summed E-state index contributed by atoms with van der Waals surface area (Å²) in [5.74, 6) is -2.24. The van der Waals surface area contributed by atoms with Crippen LogP contribution in [0.4, 0.5) is 8.78 Å². The minimum absolute atomic E-state index is 0.309. The SMILES string of the molecule is CC(F)(F)COc1nc2c(s1)CCN(CCC1CCCCC1)C2.NC(=O)CCn1cncn1. The van der Waals surface area contributed by atoms with E-state index in [4.69, 9.17) is 10.5 Å². The molecule has 33 heavy (non-hydrogen) atoms. The lowest BCUT2D eigenvalue weighted by molar-refractivity contribution is -0.118. The molecule has 1 fully saturated rings. The highest BCUT2D eigenvalue weighted by Crippen LogP contribution is 2.32. The summed E-state index contributed by atoms with van der Waals surface area (Å²) in [4.78, 5) is 22.0. The Morgan fingerprint density at radius 1 is 1.30 bits per heavy atom. The highest BCUT2D eigenvalue weighted by atomic mass is 32.1. The van der Waals surface area contributed by atoms with E-state index in [2.05, 4.69) is 20.0 Å². The Morgan fingerprint density at radius 3 is 2.76 bits per heavy atom. The van der Waals surface area contributed by atoms with Crippen molar-refractivity contribution in [1.82, 2.24) is 24.6 Å². The number of fused-ring (bicyclic) bond motifs is 1. The van der Waals surface area contributed by atoms with Crippen molar-refractivity contribution in [2.45, 2.75) is 77.3 Å². The first-order valence-corrected chi connectivity index (χ1v) is 12.4. The van der Waals surface area contributed by atoms with Crippen LogP contribution in [0.5, 0.6) is 5.19 Å². The second kappa shape index (κ2) is 12.4. The number of ether oxygens (including phenoxy) is 1. The summed E-state index contributed by atoms with van der Waals surface area (Å²) < 4.78 is 32.5. The molecule has 2 N–H and O–H groups in total. The van der Waals surface area contributed by atoms with Gasteiger partial charge in [0.2, 0.25) is 5.91 Å². The molecule has 0 bridgehead atoms. The molecule has 0 spiro atoms. The van der Waals surface area contributed by atoms with E-state index in [0.717, 1.165) is 44.6 Å². The quantitative estimate of drug-likeness (QED) is 0.583. The molecule has 0 unspecified atom stereocenters. The summed E-state index contributed by atoms with van der Waals surface area (Å²) in [6.07, 6.45) is 12.5. The molecule has 0 atom stereocenters. The van der Waals surface area contributed by atoms with Gasteiger partial charge in [0.1, 0.15) is 12.7 Å². The van der Waals surface area contributed by atoms with Gasteiger partial charge in [0.25, 0.3) is 11.1 Å². The Balaban J connectivity index is 0.000000257. The van der Waals surface area contributed by atoms with Crippen LogP contribution in [0.3, 0.4) is 0 Å². The predicted octanol–water partition coefficient (Wildman–Crippen LogP) is 3.66. The minimum Gasteiger partial charge on any atom is -0.464 e. The molecule has 8 nitrogen and oxygen atoms in total. The van der Waals surface area contributed by atoms with Gasteiger partial charge in [0, 0.05) is 31.3 Å². The average molecular weight is 485 g/mol. The topological polar surface area (TPSA) is 99.2 Å². The van der Waals surface area contributed by atoms with Crippen LogP contribution >= 0.6 is 11.3 Å². The van der Waals surface area contributed by atoms with Crippen molar-refractivity contribution >= 4 is 17.2 Å². The number of primary amides is 1. The van der Waals surface area contributed by atoms with Gasteiger partial charge < -0.3 is 10.5 Å². The monoisotopic (exact) mass is 484 g/mol. The molecule has 2 aliphatic rings. The zero-order valence-electron chi connectivity index (χ0n) is 19.2. The molecular weight excluding hydrogens is 450 g/mol. The first kappa shape index (κ1) is 25.5. The highest BCUT2D eigenvalue weighted by molar-refractivity contribution is 7.13. The smallest absolute Gasteiger partial charge is 0.278 e. The number of aryl methyl sites for hydroxylation is 1. The maximum Gasteiger partial charge on any atom is 0.278 e. The van der Waals surface area contributed by atoms with Crippen molar-refractivity contribution < 1.29 is 18.3 Å². The van der Waals surface area contributed by atoms with Crippen molar-refractivity contribution in [3.05, 3.63) is 23.2 Å². The predicted molar refractivity (Wildman–Crippen MR) is 122 cm³/mol. The second-order valence-corrected chi connectivity index (χ2v) is 9.95. The fraction of sp³-hybridized carbons (Fsp3) is 0.727. The zero-order valence-corrected chi connectivity index (χ0v) is 20.0. The van der Waals surface area contributed by atoms with Crippen molar-refractivity contribution in [2.24, 2.45) is 11.7 Å². The number of rotatable bonds is 9. The van der Waals surface area contributed by atoms with Gasteiger partial charge in [-0.05, 0) is 25.3 Å². The van der Waals surface area contributed by atoms with Crippen molar-refractivity contribution in [3.8, 4) is 5.19 Å². The number of carbonyl (C=O) groups excluding carboxylic acids is 1. The van der Waals surface area contributed by atoms with E-state index in [1.165, 1.54) is 61.1 Å². The van der Waals surface area contributed by atoms with Crippen LogP contribution < -0.4 is 10.5 Å². The molecule has 0 aromatic carbocycles. The van der Waals surface area contributed by atoms with Gasteiger partial charge in [-0.2, -0.15) is 5.10 Å². The van der Waals surface area contributed by atoms with E-state index >= 15 is 0 Å². The Labute approximate surface area is 197 Å². The van der Waals surface area contributed by atoms with Crippen LogP contribution in [-0.2, 0) is 24.3 Å².